The Balaban J connectivity index is 2.03. The third-order valence-electron chi connectivity index (χ3n) is 3.99. The van der Waals surface area contributed by atoms with Crippen LogP contribution in [0.3, 0.4) is 0 Å². The maximum atomic E-state index is 12.5. The minimum atomic E-state index is -3.06. The Morgan fingerprint density at radius 2 is 1.68 bits per heavy atom. The van der Waals surface area contributed by atoms with Crippen LogP contribution in [-0.4, -0.2) is 32.1 Å². The van der Waals surface area contributed by atoms with E-state index in [0.717, 1.165) is 22.8 Å². The summed E-state index contributed by atoms with van der Waals surface area (Å²) in [6.07, 6.45) is 0. The van der Waals surface area contributed by atoms with Gasteiger partial charge in [-0.15, -0.1) is 0 Å². The molecular weight excluding hydrogens is 370 g/mol. The number of anilines is 1. The van der Waals surface area contributed by atoms with E-state index in [2.05, 4.69) is 15.4 Å². The summed E-state index contributed by atoms with van der Waals surface area (Å²) in [5.74, 6) is -1.20. The van der Waals surface area contributed by atoms with Crippen LogP contribution in [0, 0.1) is 20.8 Å². The molecule has 0 saturated carbocycles. The Bertz CT molecular complexity index is 861. The second-order valence-corrected chi connectivity index (χ2v) is 6.25. The fourth-order valence-electron chi connectivity index (χ4n) is 2.83. The van der Waals surface area contributed by atoms with E-state index in [0.29, 0.717) is 5.69 Å². The van der Waals surface area contributed by atoms with E-state index in [1.165, 1.54) is 19.2 Å². The van der Waals surface area contributed by atoms with E-state index < -0.39 is 18.4 Å². The van der Waals surface area contributed by atoms with Crippen LogP contribution in [0.2, 0.25) is 0 Å². The lowest BCUT2D eigenvalue weighted by molar-refractivity contribution is -0.115. The van der Waals surface area contributed by atoms with Gasteiger partial charge in [0.15, 0.2) is 11.5 Å². The van der Waals surface area contributed by atoms with Gasteiger partial charge in [0.1, 0.15) is 0 Å². The largest absolute Gasteiger partial charge is 0.493 e. The van der Waals surface area contributed by atoms with Crippen molar-refractivity contribution in [3.05, 3.63) is 52.6 Å². The van der Waals surface area contributed by atoms with Crippen LogP contribution in [-0.2, 0) is 4.79 Å². The van der Waals surface area contributed by atoms with Crippen molar-refractivity contribution in [3.8, 4) is 11.5 Å². The Hall–Kier alpha value is -3.16. The number of hydrogen-bond donors (Lipinski definition) is 2. The molecular formula is C20H22F2N2O4. The molecule has 2 aromatic carbocycles. The van der Waals surface area contributed by atoms with E-state index in [4.69, 9.17) is 4.74 Å². The van der Waals surface area contributed by atoms with Gasteiger partial charge in [0.2, 0.25) is 5.91 Å². The van der Waals surface area contributed by atoms with Gasteiger partial charge >= 0.3 is 6.61 Å². The molecule has 0 aliphatic heterocycles. The first-order chi connectivity index (χ1) is 13.2. The Kier molecular flexibility index (Phi) is 6.92. The number of ether oxygens (including phenoxy) is 2. The average Bonchev–Trinajstić information content (AvgIpc) is 2.62. The van der Waals surface area contributed by atoms with E-state index in [9.17, 15) is 18.4 Å². The second kappa shape index (κ2) is 9.16. The standard InChI is InChI=1S/C20H22F2N2O4/c1-11-7-12(2)18(13(3)8-11)24-17(25)10-23-19(26)14-5-6-15(27-4)16(9-14)28-20(21)22/h5-9,20H,10H2,1-4H3,(H,23,26)(H,24,25). The van der Waals surface area contributed by atoms with E-state index >= 15 is 0 Å². The van der Waals surface area contributed by atoms with Crippen LogP contribution in [0.25, 0.3) is 0 Å². The fourth-order valence-corrected chi connectivity index (χ4v) is 2.83. The van der Waals surface area contributed by atoms with Gasteiger partial charge in [-0.1, -0.05) is 17.7 Å². The maximum absolute atomic E-state index is 12.5. The summed E-state index contributed by atoms with van der Waals surface area (Å²) in [6.45, 7) is 2.40. The molecule has 0 fully saturated rings. The molecule has 28 heavy (non-hydrogen) atoms. The van der Waals surface area contributed by atoms with Crippen LogP contribution >= 0.6 is 0 Å². The fraction of sp³-hybridized carbons (Fsp3) is 0.300. The molecule has 6 nitrogen and oxygen atoms in total. The lowest BCUT2D eigenvalue weighted by Crippen LogP contribution is -2.33. The summed E-state index contributed by atoms with van der Waals surface area (Å²) >= 11 is 0. The SMILES string of the molecule is COc1ccc(C(=O)NCC(=O)Nc2c(C)cc(C)cc2C)cc1OC(F)F. The quantitative estimate of drug-likeness (QED) is 0.755. The van der Waals surface area contributed by atoms with Gasteiger partial charge in [-0.3, -0.25) is 9.59 Å². The average molecular weight is 392 g/mol. The van der Waals surface area contributed by atoms with Crippen molar-refractivity contribution in [2.45, 2.75) is 27.4 Å². The minimum Gasteiger partial charge on any atom is -0.493 e. The van der Waals surface area contributed by atoms with Gasteiger partial charge in [-0.2, -0.15) is 8.78 Å². The highest BCUT2D eigenvalue weighted by Gasteiger charge is 2.16. The lowest BCUT2D eigenvalue weighted by Gasteiger charge is -2.14. The lowest BCUT2D eigenvalue weighted by atomic mass is 10.1. The Morgan fingerprint density at radius 3 is 2.25 bits per heavy atom. The molecule has 2 rings (SSSR count). The number of carbonyl (C=O) groups is 2. The van der Waals surface area contributed by atoms with Crippen molar-refractivity contribution in [1.82, 2.24) is 5.32 Å². The summed E-state index contributed by atoms with van der Waals surface area (Å²) in [6, 6.07) is 7.75. The van der Waals surface area contributed by atoms with E-state index in [1.807, 2.05) is 32.9 Å². The van der Waals surface area contributed by atoms with E-state index in [1.54, 1.807) is 0 Å². The molecule has 0 unspecified atom stereocenters. The first-order valence-electron chi connectivity index (χ1n) is 8.50. The zero-order valence-corrected chi connectivity index (χ0v) is 16.1. The molecule has 2 aromatic rings. The number of carbonyl (C=O) groups excluding carboxylic acids is 2. The van der Waals surface area contributed by atoms with Gasteiger partial charge in [-0.05, 0) is 50.1 Å². The molecule has 8 heteroatoms. The molecule has 2 N–H and O–H groups in total. The summed E-state index contributed by atoms with van der Waals surface area (Å²) in [7, 11) is 1.30. The maximum Gasteiger partial charge on any atom is 0.387 e. The van der Waals surface area contributed by atoms with Crippen LogP contribution in [0.5, 0.6) is 11.5 Å². The molecule has 0 radical (unpaired) electrons. The number of methoxy groups -OCH3 is 1. The van der Waals surface area contributed by atoms with Crippen molar-refractivity contribution in [2.24, 2.45) is 0 Å². The van der Waals surface area contributed by atoms with Crippen LogP contribution in [0.15, 0.2) is 30.3 Å². The number of rotatable bonds is 7. The highest BCUT2D eigenvalue weighted by Crippen LogP contribution is 2.29. The minimum absolute atomic E-state index is 0.0620. The van der Waals surface area contributed by atoms with Crippen LogP contribution in [0.1, 0.15) is 27.0 Å². The van der Waals surface area contributed by atoms with E-state index in [-0.39, 0.29) is 23.6 Å². The molecule has 0 aliphatic carbocycles. The van der Waals surface area contributed by atoms with Gasteiger partial charge < -0.3 is 20.1 Å². The van der Waals surface area contributed by atoms with Crippen molar-refractivity contribution in [3.63, 3.8) is 0 Å². The Labute approximate surface area is 161 Å². The van der Waals surface area contributed by atoms with Gasteiger partial charge in [0, 0.05) is 11.3 Å². The molecule has 0 spiro atoms. The molecule has 0 heterocycles. The van der Waals surface area contributed by atoms with Crippen molar-refractivity contribution < 1.29 is 27.8 Å². The predicted octanol–water partition coefficient (Wildman–Crippen LogP) is 3.59. The highest BCUT2D eigenvalue weighted by molar-refractivity contribution is 6.00. The highest BCUT2D eigenvalue weighted by atomic mass is 19.3. The monoisotopic (exact) mass is 392 g/mol. The predicted molar refractivity (Wildman–Crippen MR) is 101 cm³/mol. The first kappa shape index (κ1) is 21.1. The molecule has 0 atom stereocenters. The molecule has 0 aromatic heterocycles. The van der Waals surface area contributed by atoms with Crippen LogP contribution in [0.4, 0.5) is 14.5 Å². The van der Waals surface area contributed by atoms with Crippen molar-refractivity contribution in [2.75, 3.05) is 19.0 Å². The third kappa shape index (κ3) is 5.42. The number of aryl methyl sites for hydroxylation is 3. The van der Waals surface area contributed by atoms with Crippen molar-refractivity contribution >= 4 is 17.5 Å². The topological polar surface area (TPSA) is 76.7 Å². The molecule has 0 aliphatic rings. The van der Waals surface area contributed by atoms with Gasteiger partial charge in [0.05, 0.1) is 13.7 Å². The summed E-state index contributed by atoms with van der Waals surface area (Å²) in [5.41, 5.74) is 3.68. The number of amides is 2. The van der Waals surface area contributed by atoms with Crippen molar-refractivity contribution in [1.29, 1.82) is 0 Å². The number of hydrogen-bond acceptors (Lipinski definition) is 4. The summed E-state index contributed by atoms with van der Waals surface area (Å²) in [5, 5.41) is 5.22. The zero-order chi connectivity index (χ0) is 20.8. The molecule has 0 bridgehead atoms. The Morgan fingerprint density at radius 1 is 1.04 bits per heavy atom. The zero-order valence-electron chi connectivity index (χ0n) is 16.1. The van der Waals surface area contributed by atoms with Gasteiger partial charge in [-0.25, -0.2) is 0 Å². The van der Waals surface area contributed by atoms with Crippen LogP contribution < -0.4 is 20.1 Å². The number of nitrogens with one attached hydrogen (secondary N) is 2. The summed E-state index contributed by atoms with van der Waals surface area (Å²) in [4.78, 5) is 24.4. The molecule has 150 valence electrons. The molecule has 2 amide bonds. The molecule has 0 saturated heterocycles. The number of halogens is 2. The number of benzene rings is 2. The smallest absolute Gasteiger partial charge is 0.387 e. The first-order valence-corrected chi connectivity index (χ1v) is 8.50. The summed E-state index contributed by atoms with van der Waals surface area (Å²) < 4.78 is 34.3. The van der Waals surface area contributed by atoms with Gasteiger partial charge in [0.25, 0.3) is 5.91 Å². The number of alkyl halides is 2. The normalized spacial score (nSPS) is 10.5. The second-order valence-electron chi connectivity index (χ2n) is 6.25. The third-order valence-corrected chi connectivity index (χ3v) is 3.99.